The van der Waals surface area contributed by atoms with Gasteiger partial charge in [0.25, 0.3) is 0 Å². The van der Waals surface area contributed by atoms with E-state index < -0.39 is 0 Å². The first-order valence-corrected chi connectivity index (χ1v) is 6.43. The van der Waals surface area contributed by atoms with Crippen LogP contribution in [0.5, 0.6) is 5.75 Å². The number of benzene rings is 2. The minimum absolute atomic E-state index is 0.0330. The molecule has 0 radical (unpaired) electrons. The normalized spacial score (nSPS) is 10.3. The minimum Gasteiger partial charge on any atom is -0.485 e. The predicted molar refractivity (Wildman–Crippen MR) is 77.2 cm³/mol. The summed E-state index contributed by atoms with van der Waals surface area (Å²) in [5, 5.41) is 0.662. The van der Waals surface area contributed by atoms with Gasteiger partial charge in [0.15, 0.2) is 12.4 Å². The van der Waals surface area contributed by atoms with Crippen molar-refractivity contribution in [2.45, 2.75) is 13.8 Å². The highest BCUT2D eigenvalue weighted by Crippen LogP contribution is 2.21. The van der Waals surface area contributed by atoms with Gasteiger partial charge in [0, 0.05) is 10.6 Å². The molecule has 3 heteroatoms. The summed E-state index contributed by atoms with van der Waals surface area (Å²) >= 11 is 5.87. The average molecular weight is 275 g/mol. The van der Waals surface area contributed by atoms with Crippen molar-refractivity contribution in [2.24, 2.45) is 0 Å². The second-order valence-corrected chi connectivity index (χ2v) is 4.92. The monoisotopic (exact) mass is 274 g/mol. The molecule has 0 N–H and O–H groups in total. The Hall–Kier alpha value is -1.80. The van der Waals surface area contributed by atoms with Gasteiger partial charge in [-0.15, -0.1) is 0 Å². The van der Waals surface area contributed by atoms with E-state index in [0.717, 1.165) is 11.1 Å². The van der Waals surface area contributed by atoms with Crippen molar-refractivity contribution in [2.75, 3.05) is 6.61 Å². The van der Waals surface area contributed by atoms with Gasteiger partial charge in [-0.3, -0.25) is 4.79 Å². The lowest BCUT2D eigenvalue weighted by Crippen LogP contribution is -2.12. The summed E-state index contributed by atoms with van der Waals surface area (Å²) in [5.41, 5.74) is 2.72. The van der Waals surface area contributed by atoms with Gasteiger partial charge in [0.2, 0.25) is 0 Å². The predicted octanol–water partition coefficient (Wildman–Crippen LogP) is 4.22. The average Bonchev–Trinajstić information content (AvgIpc) is 2.38. The van der Waals surface area contributed by atoms with Crippen LogP contribution in [0.2, 0.25) is 5.02 Å². The smallest absolute Gasteiger partial charge is 0.200 e. The summed E-state index contributed by atoms with van der Waals surface area (Å²) in [5.74, 6) is 0.652. The van der Waals surface area contributed by atoms with E-state index in [1.54, 1.807) is 12.1 Å². The van der Waals surface area contributed by atoms with Crippen LogP contribution in [0.15, 0.2) is 42.5 Å². The van der Waals surface area contributed by atoms with E-state index in [2.05, 4.69) is 0 Å². The standard InChI is InChI=1S/C16H15ClO2/c1-11-3-5-13(6-4-11)15(18)10-19-16-8-7-14(17)9-12(16)2/h3-9H,10H2,1-2H3. The highest BCUT2D eigenvalue weighted by atomic mass is 35.5. The zero-order chi connectivity index (χ0) is 13.8. The Balaban J connectivity index is 2.02. The van der Waals surface area contributed by atoms with E-state index in [4.69, 9.17) is 16.3 Å². The number of hydrogen-bond acceptors (Lipinski definition) is 2. The molecule has 0 aliphatic rings. The van der Waals surface area contributed by atoms with Crippen LogP contribution >= 0.6 is 11.6 Å². The topological polar surface area (TPSA) is 26.3 Å². The van der Waals surface area contributed by atoms with Crippen molar-refractivity contribution >= 4 is 17.4 Å². The third-order valence-corrected chi connectivity index (χ3v) is 3.10. The zero-order valence-corrected chi connectivity index (χ0v) is 11.7. The van der Waals surface area contributed by atoms with Crippen LogP contribution < -0.4 is 4.74 Å². The quantitative estimate of drug-likeness (QED) is 0.781. The van der Waals surface area contributed by atoms with E-state index in [9.17, 15) is 4.79 Å². The van der Waals surface area contributed by atoms with Gasteiger partial charge >= 0.3 is 0 Å². The van der Waals surface area contributed by atoms with Crippen LogP contribution in [0, 0.1) is 13.8 Å². The fourth-order valence-electron chi connectivity index (χ4n) is 1.74. The first-order chi connectivity index (χ1) is 9.06. The lowest BCUT2D eigenvalue weighted by Gasteiger charge is -2.08. The molecule has 19 heavy (non-hydrogen) atoms. The lowest BCUT2D eigenvalue weighted by molar-refractivity contribution is 0.0921. The molecule has 0 aliphatic carbocycles. The molecule has 0 aliphatic heterocycles. The molecule has 0 aromatic heterocycles. The first kappa shape index (κ1) is 13.6. The summed E-state index contributed by atoms with van der Waals surface area (Å²) in [6.45, 7) is 3.92. The van der Waals surface area contributed by atoms with Crippen LogP contribution in [-0.4, -0.2) is 12.4 Å². The molecule has 0 heterocycles. The first-order valence-electron chi connectivity index (χ1n) is 6.05. The third-order valence-electron chi connectivity index (χ3n) is 2.87. The highest BCUT2D eigenvalue weighted by Gasteiger charge is 2.08. The molecule has 2 aromatic rings. The number of ketones is 1. The second kappa shape index (κ2) is 5.89. The molecule has 0 bridgehead atoms. The van der Waals surface area contributed by atoms with Crippen LogP contribution in [0.1, 0.15) is 21.5 Å². The third kappa shape index (κ3) is 3.58. The van der Waals surface area contributed by atoms with Crippen molar-refractivity contribution in [1.29, 1.82) is 0 Å². The van der Waals surface area contributed by atoms with E-state index in [0.29, 0.717) is 16.3 Å². The summed E-state index contributed by atoms with van der Waals surface area (Å²) in [6, 6.07) is 12.8. The molecule has 0 spiro atoms. The Kier molecular flexibility index (Phi) is 4.23. The molecular weight excluding hydrogens is 260 g/mol. The largest absolute Gasteiger partial charge is 0.485 e. The molecule has 2 rings (SSSR count). The van der Waals surface area contributed by atoms with Gasteiger partial charge in [-0.2, -0.15) is 0 Å². The fraction of sp³-hybridized carbons (Fsp3) is 0.188. The molecule has 0 amide bonds. The maximum atomic E-state index is 12.0. The van der Waals surface area contributed by atoms with Crippen LogP contribution in [0.25, 0.3) is 0 Å². The molecule has 0 atom stereocenters. The van der Waals surface area contributed by atoms with Gasteiger partial charge in [-0.1, -0.05) is 41.4 Å². The van der Waals surface area contributed by atoms with Gasteiger partial charge in [-0.05, 0) is 37.6 Å². The number of rotatable bonds is 4. The van der Waals surface area contributed by atoms with E-state index in [1.165, 1.54) is 0 Å². The second-order valence-electron chi connectivity index (χ2n) is 4.49. The Morgan fingerprint density at radius 3 is 2.42 bits per heavy atom. The maximum absolute atomic E-state index is 12.0. The van der Waals surface area contributed by atoms with Crippen LogP contribution in [0.4, 0.5) is 0 Å². The molecule has 98 valence electrons. The highest BCUT2D eigenvalue weighted by molar-refractivity contribution is 6.30. The number of ether oxygens (including phenoxy) is 1. The van der Waals surface area contributed by atoms with Crippen molar-refractivity contribution in [1.82, 2.24) is 0 Å². The van der Waals surface area contributed by atoms with Crippen LogP contribution in [0.3, 0.4) is 0 Å². The molecule has 0 unspecified atom stereocenters. The van der Waals surface area contributed by atoms with E-state index in [1.807, 2.05) is 44.2 Å². The molecular formula is C16H15ClO2. The van der Waals surface area contributed by atoms with Gasteiger partial charge < -0.3 is 4.74 Å². The van der Waals surface area contributed by atoms with Gasteiger partial charge in [0.1, 0.15) is 5.75 Å². The zero-order valence-electron chi connectivity index (χ0n) is 10.9. The number of aryl methyl sites for hydroxylation is 2. The molecule has 0 fully saturated rings. The Morgan fingerprint density at radius 2 is 1.79 bits per heavy atom. The fourth-order valence-corrected chi connectivity index (χ4v) is 1.97. The number of Topliss-reactive ketones (excluding diaryl/α,β-unsaturated/α-hetero) is 1. The number of carbonyl (C=O) groups excluding carboxylic acids is 1. The number of carbonyl (C=O) groups is 1. The molecule has 0 saturated carbocycles. The van der Waals surface area contributed by atoms with Gasteiger partial charge in [0.05, 0.1) is 0 Å². The lowest BCUT2D eigenvalue weighted by atomic mass is 10.1. The van der Waals surface area contributed by atoms with E-state index in [-0.39, 0.29) is 12.4 Å². The summed E-state index contributed by atoms with van der Waals surface area (Å²) in [7, 11) is 0. The van der Waals surface area contributed by atoms with Crippen molar-refractivity contribution in [3.63, 3.8) is 0 Å². The van der Waals surface area contributed by atoms with Crippen molar-refractivity contribution < 1.29 is 9.53 Å². The summed E-state index contributed by atoms with van der Waals surface area (Å²) < 4.78 is 5.53. The minimum atomic E-state index is -0.0330. The Morgan fingerprint density at radius 1 is 1.11 bits per heavy atom. The van der Waals surface area contributed by atoms with Crippen molar-refractivity contribution in [3.05, 3.63) is 64.2 Å². The number of halogens is 1. The molecule has 0 saturated heterocycles. The molecule has 2 aromatic carbocycles. The van der Waals surface area contributed by atoms with Crippen LogP contribution in [-0.2, 0) is 0 Å². The summed E-state index contributed by atoms with van der Waals surface area (Å²) in [6.07, 6.45) is 0. The SMILES string of the molecule is Cc1ccc(C(=O)COc2ccc(Cl)cc2C)cc1. The van der Waals surface area contributed by atoms with Crippen molar-refractivity contribution in [3.8, 4) is 5.75 Å². The Labute approximate surface area is 118 Å². The summed E-state index contributed by atoms with van der Waals surface area (Å²) in [4.78, 5) is 12.0. The number of hydrogen-bond donors (Lipinski definition) is 0. The maximum Gasteiger partial charge on any atom is 0.200 e. The Bertz CT molecular complexity index is 588. The molecule has 2 nitrogen and oxygen atoms in total. The van der Waals surface area contributed by atoms with E-state index >= 15 is 0 Å². The van der Waals surface area contributed by atoms with Gasteiger partial charge in [-0.25, -0.2) is 0 Å².